The number of piperazine rings is 1. The molecule has 9 heteroatoms. The van der Waals surface area contributed by atoms with E-state index in [1.54, 1.807) is 12.1 Å². The van der Waals surface area contributed by atoms with Crippen molar-refractivity contribution in [2.24, 2.45) is 0 Å². The van der Waals surface area contributed by atoms with Gasteiger partial charge in [-0.25, -0.2) is 4.98 Å². The molecule has 4 heterocycles. The van der Waals surface area contributed by atoms with Gasteiger partial charge in [-0.3, -0.25) is 14.5 Å². The zero-order chi connectivity index (χ0) is 21.7. The number of amides is 1. The maximum Gasteiger partial charge on any atom is 0.269 e. The van der Waals surface area contributed by atoms with Gasteiger partial charge in [-0.2, -0.15) is 4.39 Å². The Bertz CT molecular complexity index is 1220. The number of aryl methyl sites for hydroxylation is 1. The molecule has 3 aromatic heterocycles. The summed E-state index contributed by atoms with van der Waals surface area (Å²) < 4.78 is 16.6. The largest absolute Gasteiger partial charge is 0.362 e. The van der Waals surface area contributed by atoms with Gasteiger partial charge in [0.15, 0.2) is 0 Å². The molecule has 2 fully saturated rings. The summed E-state index contributed by atoms with van der Waals surface area (Å²) in [6.07, 6.45) is 5.63. The smallest absolute Gasteiger partial charge is 0.269 e. The van der Waals surface area contributed by atoms with Gasteiger partial charge in [0.1, 0.15) is 11.3 Å². The predicted octanol–water partition coefficient (Wildman–Crippen LogP) is 1.55. The lowest BCUT2D eigenvalue weighted by Gasteiger charge is -2.35. The summed E-state index contributed by atoms with van der Waals surface area (Å²) in [5.74, 6) is -0.999. The van der Waals surface area contributed by atoms with Gasteiger partial charge in [-0.05, 0) is 36.6 Å². The van der Waals surface area contributed by atoms with Crippen molar-refractivity contribution in [1.29, 1.82) is 0 Å². The number of hydrogen-bond donors (Lipinski definition) is 2. The first-order chi connectivity index (χ1) is 15.0. The summed E-state index contributed by atoms with van der Waals surface area (Å²) in [4.78, 5) is 35.0. The van der Waals surface area contributed by atoms with Crippen molar-refractivity contribution in [3.8, 4) is 0 Å². The highest BCUT2D eigenvalue weighted by molar-refractivity contribution is 5.92. The first-order valence-electron chi connectivity index (χ1n) is 10.6. The third kappa shape index (κ3) is 3.48. The number of fused-ring (bicyclic) bond motifs is 2. The van der Waals surface area contributed by atoms with E-state index >= 15 is 0 Å². The van der Waals surface area contributed by atoms with E-state index in [-0.39, 0.29) is 17.3 Å². The second-order valence-corrected chi connectivity index (χ2v) is 8.22. The van der Waals surface area contributed by atoms with E-state index in [4.69, 9.17) is 0 Å². The van der Waals surface area contributed by atoms with Gasteiger partial charge in [-0.1, -0.05) is 6.92 Å². The van der Waals surface area contributed by atoms with Crippen molar-refractivity contribution in [2.75, 3.05) is 25.0 Å². The van der Waals surface area contributed by atoms with E-state index < -0.39 is 11.9 Å². The Morgan fingerprint density at radius 3 is 2.87 bits per heavy atom. The van der Waals surface area contributed by atoms with Gasteiger partial charge >= 0.3 is 0 Å². The second-order valence-electron chi connectivity index (χ2n) is 8.22. The lowest BCUT2D eigenvalue weighted by molar-refractivity contribution is 0.0957. The van der Waals surface area contributed by atoms with Crippen LogP contribution in [0.25, 0.3) is 5.65 Å². The molecule has 0 spiro atoms. The van der Waals surface area contributed by atoms with E-state index in [0.29, 0.717) is 24.7 Å². The molecule has 1 aliphatic heterocycles. The second kappa shape index (κ2) is 7.49. The van der Waals surface area contributed by atoms with Crippen LogP contribution in [0, 0.1) is 5.95 Å². The molecule has 31 heavy (non-hydrogen) atoms. The van der Waals surface area contributed by atoms with Crippen LogP contribution in [0.5, 0.6) is 0 Å². The molecule has 1 amide bonds. The Morgan fingerprint density at radius 1 is 1.29 bits per heavy atom. The van der Waals surface area contributed by atoms with Gasteiger partial charge in [-0.15, -0.1) is 0 Å². The Kier molecular flexibility index (Phi) is 4.77. The number of hydrogen-bond acceptors (Lipinski definition) is 5. The third-order valence-electron chi connectivity index (χ3n) is 6.32. The van der Waals surface area contributed by atoms with Gasteiger partial charge in [0.05, 0.1) is 5.69 Å². The van der Waals surface area contributed by atoms with Gasteiger partial charge in [0.25, 0.3) is 11.5 Å². The molecular formula is C22H25FN6O2. The number of nitrogens with zero attached hydrogens (tertiary/aromatic N) is 4. The third-order valence-corrected chi connectivity index (χ3v) is 6.32. The first-order valence-corrected chi connectivity index (χ1v) is 10.6. The maximum absolute atomic E-state index is 14.6. The van der Waals surface area contributed by atoms with Crippen LogP contribution in [-0.2, 0) is 13.0 Å². The van der Waals surface area contributed by atoms with Crippen LogP contribution in [0.3, 0.4) is 0 Å². The number of H-pyrrole nitrogens is 1. The van der Waals surface area contributed by atoms with Crippen molar-refractivity contribution in [3.05, 3.63) is 63.7 Å². The molecule has 162 valence electrons. The zero-order valence-corrected chi connectivity index (χ0v) is 17.6. The maximum atomic E-state index is 14.6. The highest BCUT2D eigenvalue weighted by Crippen LogP contribution is 2.40. The van der Waals surface area contributed by atoms with Crippen LogP contribution in [0.15, 0.2) is 35.4 Å². The number of carbonyl (C=O) groups excluding carboxylic acids is 1. The molecule has 1 saturated heterocycles. The van der Waals surface area contributed by atoms with Crippen molar-refractivity contribution < 1.29 is 9.18 Å². The minimum absolute atomic E-state index is 0.0337. The number of halogens is 1. The fourth-order valence-electron chi connectivity index (χ4n) is 4.59. The number of anilines is 1. The van der Waals surface area contributed by atoms with Crippen molar-refractivity contribution in [2.45, 2.75) is 38.4 Å². The first kappa shape index (κ1) is 19.7. The minimum atomic E-state index is -0.602. The molecule has 1 saturated carbocycles. The van der Waals surface area contributed by atoms with Crippen LogP contribution >= 0.6 is 0 Å². The average molecular weight is 424 g/mol. The highest BCUT2D eigenvalue weighted by atomic mass is 19.1. The SMILES string of the molecule is CCc1cn2cc(CN3CCN(c4ccc(C(=O)NC)nc4F)C4CC43)cc2[nH]c1=O. The van der Waals surface area contributed by atoms with Crippen LogP contribution in [0.4, 0.5) is 10.1 Å². The monoisotopic (exact) mass is 424 g/mol. The number of rotatable bonds is 5. The Labute approximate surface area is 178 Å². The summed E-state index contributed by atoms with van der Waals surface area (Å²) in [7, 11) is 1.50. The molecule has 0 radical (unpaired) electrons. The highest BCUT2D eigenvalue weighted by Gasteiger charge is 2.49. The van der Waals surface area contributed by atoms with Crippen molar-refractivity contribution >= 4 is 17.2 Å². The molecule has 3 aromatic rings. The van der Waals surface area contributed by atoms with Crippen LogP contribution in [-0.4, -0.2) is 57.4 Å². The van der Waals surface area contributed by atoms with Gasteiger partial charge in [0.2, 0.25) is 5.95 Å². The topological polar surface area (TPSA) is 85.7 Å². The lowest BCUT2D eigenvalue weighted by Crippen LogP contribution is -2.46. The fraction of sp³-hybridized carbons (Fsp3) is 0.409. The predicted molar refractivity (Wildman–Crippen MR) is 115 cm³/mol. The van der Waals surface area contributed by atoms with Crippen LogP contribution in [0.2, 0.25) is 0 Å². The van der Waals surface area contributed by atoms with Crippen LogP contribution < -0.4 is 15.8 Å². The molecular weight excluding hydrogens is 399 g/mol. The number of carbonyl (C=O) groups is 1. The molecule has 5 rings (SSSR count). The van der Waals surface area contributed by atoms with E-state index in [9.17, 15) is 14.0 Å². The van der Waals surface area contributed by atoms with Gasteiger partial charge < -0.3 is 19.6 Å². The van der Waals surface area contributed by atoms with E-state index in [2.05, 4.69) is 31.3 Å². The molecule has 2 unspecified atom stereocenters. The summed E-state index contributed by atoms with van der Waals surface area (Å²) in [6, 6.07) is 5.85. The normalized spacial score (nSPS) is 20.7. The van der Waals surface area contributed by atoms with Crippen molar-refractivity contribution in [3.63, 3.8) is 0 Å². The average Bonchev–Trinajstić information content (AvgIpc) is 3.48. The summed E-state index contributed by atoms with van der Waals surface area (Å²) in [5, 5.41) is 2.46. The summed E-state index contributed by atoms with van der Waals surface area (Å²) in [5.41, 5.74) is 3.22. The van der Waals surface area contributed by atoms with Crippen molar-refractivity contribution in [1.82, 2.24) is 24.6 Å². The number of aromatic nitrogens is 3. The number of nitrogens with one attached hydrogen (secondary N) is 2. The summed E-state index contributed by atoms with van der Waals surface area (Å²) in [6.45, 7) is 4.26. The fourth-order valence-corrected chi connectivity index (χ4v) is 4.59. The van der Waals surface area contributed by atoms with E-state index in [1.165, 1.54) is 7.05 Å². The number of pyridine rings is 1. The lowest BCUT2D eigenvalue weighted by atomic mass is 10.2. The molecule has 1 aliphatic carbocycles. The quantitative estimate of drug-likeness (QED) is 0.607. The van der Waals surface area contributed by atoms with Crippen LogP contribution in [0.1, 0.15) is 35.0 Å². The Morgan fingerprint density at radius 2 is 2.13 bits per heavy atom. The summed E-state index contributed by atoms with van der Waals surface area (Å²) >= 11 is 0. The zero-order valence-electron chi connectivity index (χ0n) is 17.6. The van der Waals surface area contributed by atoms with Gasteiger partial charge in [0, 0.05) is 56.7 Å². The number of aromatic amines is 1. The minimum Gasteiger partial charge on any atom is -0.362 e. The Hall–Kier alpha value is -3.20. The molecule has 0 aromatic carbocycles. The molecule has 2 N–H and O–H groups in total. The molecule has 2 atom stereocenters. The molecule has 2 aliphatic rings. The molecule has 0 bridgehead atoms. The molecule has 8 nitrogen and oxygen atoms in total. The van der Waals surface area contributed by atoms with E-state index in [0.717, 1.165) is 36.3 Å². The Balaban J connectivity index is 1.30. The van der Waals surface area contributed by atoms with E-state index in [1.807, 2.05) is 23.6 Å². The standard InChI is InChI=1S/C22H25FN6O2/c1-3-14-12-28-11-13(8-19(28)26-21(14)30)10-27-6-7-29(18-9-17(18)27)16-5-4-15(22(31)24-2)25-20(16)23/h4-5,8,11-12,17-18H,3,6-7,9-10H2,1-2H3,(H,24,31)(H,26,30).